The number of nitrogens with one attached hydrogen (secondary N) is 2. The minimum Gasteiger partial charge on any atom is -0.481 e. The lowest BCUT2D eigenvalue weighted by molar-refractivity contribution is -0.126. The second kappa shape index (κ2) is 6.55. The number of piperazine rings is 1. The molecule has 2 heterocycles. The van der Waals surface area contributed by atoms with E-state index in [2.05, 4.69) is 25.5 Å². The number of rotatable bonds is 4. The molecule has 0 unspecified atom stereocenters. The summed E-state index contributed by atoms with van der Waals surface area (Å²) in [6, 6.07) is 1.48. The molecule has 1 saturated heterocycles. The monoisotopic (exact) mass is 313 g/mol. The van der Waals surface area contributed by atoms with Gasteiger partial charge < -0.3 is 10.1 Å². The van der Waals surface area contributed by atoms with Gasteiger partial charge >= 0.3 is 0 Å². The number of amides is 1. The second-order valence-electron chi connectivity index (χ2n) is 5.31. The molecule has 0 aromatic carbocycles. The van der Waals surface area contributed by atoms with Crippen molar-refractivity contribution in [1.82, 2.24) is 20.2 Å². The highest BCUT2D eigenvalue weighted by molar-refractivity contribution is 6.29. The molecule has 1 aromatic heterocycles. The Morgan fingerprint density at radius 3 is 2.71 bits per heavy atom. The minimum absolute atomic E-state index is 0.146. The first-order valence-electron chi connectivity index (χ1n) is 6.79. The third kappa shape index (κ3) is 3.81. The molecule has 8 heteroatoms. The summed E-state index contributed by atoms with van der Waals surface area (Å²) in [5.74, 6) is 0.284. The van der Waals surface area contributed by atoms with Crippen molar-refractivity contribution in [2.75, 3.05) is 38.6 Å². The lowest BCUT2D eigenvalue weighted by atomic mass is 10.0. The predicted molar refractivity (Wildman–Crippen MR) is 80.7 cm³/mol. The zero-order valence-corrected chi connectivity index (χ0v) is 13.2. The number of methoxy groups -OCH3 is 1. The average molecular weight is 314 g/mol. The van der Waals surface area contributed by atoms with Crippen LogP contribution >= 0.6 is 11.6 Å². The molecule has 2 N–H and O–H groups in total. The molecule has 0 atom stereocenters. The van der Waals surface area contributed by atoms with Crippen LogP contribution < -0.4 is 15.4 Å². The molecule has 0 spiro atoms. The SMILES string of the molecule is COc1cc(Cl)nc(NC(=O)C(C)(C)N2CCNCC2)n1. The summed E-state index contributed by atoms with van der Waals surface area (Å²) in [5.41, 5.74) is -0.652. The van der Waals surface area contributed by atoms with Gasteiger partial charge in [-0.15, -0.1) is 0 Å². The Labute approximate surface area is 129 Å². The van der Waals surface area contributed by atoms with Crippen LogP contribution in [0.25, 0.3) is 0 Å². The molecule has 1 aliphatic rings. The van der Waals surface area contributed by atoms with Crippen LogP contribution in [0.2, 0.25) is 5.15 Å². The van der Waals surface area contributed by atoms with Crippen LogP contribution in [0.5, 0.6) is 5.88 Å². The second-order valence-corrected chi connectivity index (χ2v) is 5.69. The van der Waals surface area contributed by atoms with Gasteiger partial charge in [0, 0.05) is 32.2 Å². The van der Waals surface area contributed by atoms with E-state index in [1.807, 2.05) is 13.8 Å². The number of ether oxygens (including phenoxy) is 1. The maximum Gasteiger partial charge on any atom is 0.246 e. The van der Waals surface area contributed by atoms with Gasteiger partial charge in [0.05, 0.1) is 12.6 Å². The van der Waals surface area contributed by atoms with E-state index in [1.165, 1.54) is 13.2 Å². The van der Waals surface area contributed by atoms with Crippen LogP contribution in [0.4, 0.5) is 5.95 Å². The molecular formula is C13H20ClN5O2. The highest BCUT2D eigenvalue weighted by Gasteiger charge is 2.35. The van der Waals surface area contributed by atoms with Gasteiger partial charge in [0.1, 0.15) is 5.15 Å². The Balaban J connectivity index is 2.11. The summed E-state index contributed by atoms with van der Waals surface area (Å²) in [6.45, 7) is 7.15. The molecule has 1 fully saturated rings. The molecule has 1 aromatic rings. The van der Waals surface area contributed by atoms with E-state index >= 15 is 0 Å². The molecule has 116 valence electrons. The van der Waals surface area contributed by atoms with Crippen LogP contribution in [0, 0.1) is 0 Å². The van der Waals surface area contributed by atoms with Crippen molar-refractivity contribution < 1.29 is 9.53 Å². The lowest BCUT2D eigenvalue weighted by Gasteiger charge is -2.39. The smallest absolute Gasteiger partial charge is 0.246 e. The Kier molecular flexibility index (Phi) is 4.97. The fourth-order valence-electron chi connectivity index (χ4n) is 2.18. The van der Waals surface area contributed by atoms with Crippen LogP contribution in [0.1, 0.15) is 13.8 Å². The summed E-state index contributed by atoms with van der Waals surface area (Å²) in [7, 11) is 1.48. The number of aromatic nitrogens is 2. The van der Waals surface area contributed by atoms with Crippen molar-refractivity contribution >= 4 is 23.5 Å². The van der Waals surface area contributed by atoms with Crippen molar-refractivity contribution in [3.63, 3.8) is 0 Å². The average Bonchev–Trinajstić information content (AvgIpc) is 2.47. The summed E-state index contributed by atoms with van der Waals surface area (Å²) in [6.07, 6.45) is 0. The van der Waals surface area contributed by atoms with Crippen molar-refractivity contribution in [3.05, 3.63) is 11.2 Å². The zero-order chi connectivity index (χ0) is 15.5. The fourth-order valence-corrected chi connectivity index (χ4v) is 2.35. The third-order valence-corrected chi connectivity index (χ3v) is 3.76. The van der Waals surface area contributed by atoms with Crippen LogP contribution in [-0.2, 0) is 4.79 Å². The van der Waals surface area contributed by atoms with E-state index in [0.29, 0.717) is 5.88 Å². The topological polar surface area (TPSA) is 79.4 Å². The largest absolute Gasteiger partial charge is 0.481 e. The van der Waals surface area contributed by atoms with Crippen LogP contribution in [-0.4, -0.2) is 59.6 Å². The lowest BCUT2D eigenvalue weighted by Crippen LogP contribution is -2.58. The number of hydrogen-bond donors (Lipinski definition) is 2. The normalized spacial score (nSPS) is 16.6. The molecular weight excluding hydrogens is 294 g/mol. The van der Waals surface area contributed by atoms with Crippen molar-refractivity contribution in [1.29, 1.82) is 0 Å². The molecule has 0 saturated carbocycles. The molecule has 0 bridgehead atoms. The van der Waals surface area contributed by atoms with E-state index in [9.17, 15) is 4.79 Å². The Bertz CT molecular complexity index is 517. The van der Waals surface area contributed by atoms with Crippen molar-refractivity contribution in [3.8, 4) is 5.88 Å². The highest BCUT2D eigenvalue weighted by Crippen LogP contribution is 2.20. The van der Waals surface area contributed by atoms with Crippen molar-refractivity contribution in [2.45, 2.75) is 19.4 Å². The Morgan fingerprint density at radius 1 is 1.43 bits per heavy atom. The maximum atomic E-state index is 12.5. The third-order valence-electron chi connectivity index (χ3n) is 3.57. The molecule has 0 radical (unpaired) electrons. The standard InChI is InChI=1S/C13H20ClN5O2/c1-13(2,19-6-4-15-5-7-19)11(20)18-12-16-9(14)8-10(17-12)21-3/h8,15H,4-7H2,1-3H3,(H,16,17,18,20). The Hall–Kier alpha value is -1.44. The van der Waals surface area contributed by atoms with Gasteiger partial charge in [0.15, 0.2) is 0 Å². The van der Waals surface area contributed by atoms with Gasteiger partial charge in [0.2, 0.25) is 17.7 Å². The van der Waals surface area contributed by atoms with Gasteiger partial charge in [-0.05, 0) is 13.8 Å². The van der Waals surface area contributed by atoms with E-state index in [4.69, 9.17) is 16.3 Å². The van der Waals surface area contributed by atoms with Gasteiger partial charge in [0.25, 0.3) is 0 Å². The number of anilines is 1. The van der Waals surface area contributed by atoms with Crippen LogP contribution in [0.15, 0.2) is 6.07 Å². The number of nitrogens with zero attached hydrogens (tertiary/aromatic N) is 3. The molecule has 21 heavy (non-hydrogen) atoms. The number of carbonyl (C=O) groups is 1. The number of hydrogen-bond acceptors (Lipinski definition) is 6. The first kappa shape index (κ1) is 15.9. The summed E-state index contributed by atoms with van der Waals surface area (Å²) in [5, 5.41) is 6.19. The molecule has 1 amide bonds. The molecule has 0 aliphatic carbocycles. The molecule has 2 rings (SSSR count). The molecule has 7 nitrogen and oxygen atoms in total. The van der Waals surface area contributed by atoms with Gasteiger partial charge in [-0.2, -0.15) is 4.98 Å². The van der Waals surface area contributed by atoms with E-state index in [-0.39, 0.29) is 17.0 Å². The summed E-state index contributed by atoms with van der Waals surface area (Å²) in [4.78, 5) is 22.7. The first-order chi connectivity index (χ1) is 9.93. The number of halogens is 1. The summed E-state index contributed by atoms with van der Waals surface area (Å²) >= 11 is 5.87. The van der Waals surface area contributed by atoms with Crippen molar-refractivity contribution in [2.24, 2.45) is 0 Å². The first-order valence-corrected chi connectivity index (χ1v) is 7.17. The van der Waals surface area contributed by atoms with Gasteiger partial charge in [-0.25, -0.2) is 4.98 Å². The van der Waals surface area contributed by atoms with Gasteiger partial charge in [-0.1, -0.05) is 11.6 Å². The summed E-state index contributed by atoms with van der Waals surface area (Å²) < 4.78 is 5.01. The molecule has 1 aliphatic heterocycles. The minimum atomic E-state index is -0.652. The zero-order valence-electron chi connectivity index (χ0n) is 12.4. The quantitative estimate of drug-likeness (QED) is 0.799. The highest BCUT2D eigenvalue weighted by atomic mass is 35.5. The fraction of sp³-hybridized carbons (Fsp3) is 0.615. The van der Waals surface area contributed by atoms with Crippen LogP contribution in [0.3, 0.4) is 0 Å². The predicted octanol–water partition coefficient (Wildman–Crippen LogP) is 0.761. The van der Waals surface area contributed by atoms with E-state index < -0.39 is 5.54 Å². The van der Waals surface area contributed by atoms with E-state index in [1.54, 1.807) is 0 Å². The van der Waals surface area contributed by atoms with Gasteiger partial charge in [-0.3, -0.25) is 15.0 Å². The maximum absolute atomic E-state index is 12.5. The van der Waals surface area contributed by atoms with E-state index in [0.717, 1.165) is 26.2 Å². The Morgan fingerprint density at radius 2 is 2.10 bits per heavy atom. The number of carbonyl (C=O) groups excluding carboxylic acids is 1.